The van der Waals surface area contributed by atoms with Gasteiger partial charge in [0.1, 0.15) is 12.4 Å². The molecule has 3 aliphatic heterocycles. The van der Waals surface area contributed by atoms with E-state index in [1.54, 1.807) is 41.8 Å². The van der Waals surface area contributed by atoms with E-state index in [1.807, 2.05) is 0 Å². The lowest BCUT2D eigenvalue weighted by molar-refractivity contribution is -0.172. The van der Waals surface area contributed by atoms with E-state index in [4.69, 9.17) is 9.72 Å². The summed E-state index contributed by atoms with van der Waals surface area (Å²) in [5.41, 5.74) is 2.22. The number of carbonyl (C=O) groups excluding carboxylic acids is 3. The largest absolute Gasteiger partial charge is 0.458 e. The number of aliphatic hydroxyl groups is 1. The summed E-state index contributed by atoms with van der Waals surface area (Å²) >= 11 is 0. The molecule has 0 spiro atoms. The number of nitrogens with zero attached hydrogens (tertiary/aromatic N) is 3. The van der Waals surface area contributed by atoms with Crippen molar-refractivity contribution >= 4 is 28.7 Å². The number of pyridine rings is 2. The monoisotopic (exact) mass is 551 g/mol. The molecule has 2 aromatic carbocycles. The number of carbonyl (C=O) groups is 3. The summed E-state index contributed by atoms with van der Waals surface area (Å²) in [6, 6.07) is 10.3. The number of hydrogen-bond acceptors (Lipinski definition) is 7. The lowest BCUT2D eigenvalue weighted by Gasteiger charge is -2.32. The zero-order chi connectivity index (χ0) is 28.4. The molecule has 41 heavy (non-hydrogen) atoms. The number of fused-ring (bicyclic) bond motifs is 6. The topological polar surface area (TPSA) is 119 Å². The van der Waals surface area contributed by atoms with E-state index in [0.717, 1.165) is 11.1 Å². The lowest BCUT2D eigenvalue weighted by atomic mass is 9.83. The molecule has 8 rings (SSSR count). The second kappa shape index (κ2) is 7.94. The van der Waals surface area contributed by atoms with Crippen molar-refractivity contribution < 1.29 is 28.6 Å². The van der Waals surface area contributed by atoms with Crippen LogP contribution in [0, 0.1) is 5.82 Å². The van der Waals surface area contributed by atoms with Gasteiger partial charge in [0.05, 0.1) is 46.2 Å². The van der Waals surface area contributed by atoms with Gasteiger partial charge in [-0.15, -0.1) is 0 Å². The van der Waals surface area contributed by atoms with Gasteiger partial charge in [0.2, 0.25) is 0 Å². The Hall–Kier alpha value is -4.70. The van der Waals surface area contributed by atoms with Crippen molar-refractivity contribution in [2.75, 3.05) is 0 Å². The number of imide groups is 1. The van der Waals surface area contributed by atoms with Crippen molar-refractivity contribution in [2.24, 2.45) is 0 Å². The molecule has 0 fully saturated rings. The predicted molar refractivity (Wildman–Crippen MR) is 142 cm³/mol. The molecule has 4 aliphatic rings. The summed E-state index contributed by atoms with van der Waals surface area (Å²) < 4.78 is 21.8. The van der Waals surface area contributed by atoms with Crippen molar-refractivity contribution in [3.8, 4) is 11.4 Å². The first kappa shape index (κ1) is 24.1. The SMILES string of the molecule is CC[C@@]1(O)C(=O)OCc2c1cc1n(c2=O)Cc2c-1nc1cc(F)cc3c1c2CCC3N1C(=O)c2ccccc2C1=O. The van der Waals surface area contributed by atoms with Gasteiger partial charge >= 0.3 is 5.97 Å². The van der Waals surface area contributed by atoms with Gasteiger partial charge in [-0.25, -0.2) is 14.2 Å². The van der Waals surface area contributed by atoms with Crippen LogP contribution in [0.15, 0.2) is 47.3 Å². The highest BCUT2D eigenvalue weighted by molar-refractivity contribution is 6.21. The number of aromatic nitrogens is 2. The first-order valence-electron chi connectivity index (χ1n) is 13.5. The highest BCUT2D eigenvalue weighted by Gasteiger charge is 2.46. The Kier molecular flexibility index (Phi) is 4.68. The Morgan fingerprint density at radius 1 is 1.05 bits per heavy atom. The number of aryl methyl sites for hydroxylation is 1. The molecular formula is C31H22FN3O6. The molecular weight excluding hydrogens is 529 g/mol. The molecule has 0 saturated carbocycles. The third-order valence-corrected chi connectivity index (χ3v) is 9.06. The molecule has 0 radical (unpaired) electrons. The van der Waals surface area contributed by atoms with E-state index in [0.29, 0.717) is 51.8 Å². The fourth-order valence-corrected chi connectivity index (χ4v) is 7.04. The Morgan fingerprint density at radius 3 is 2.49 bits per heavy atom. The molecule has 2 aromatic heterocycles. The first-order chi connectivity index (χ1) is 19.7. The van der Waals surface area contributed by atoms with Gasteiger partial charge in [-0.2, -0.15) is 0 Å². The predicted octanol–water partition coefficient (Wildman–Crippen LogP) is 3.50. The lowest BCUT2D eigenvalue weighted by Crippen LogP contribution is -2.44. The quantitative estimate of drug-likeness (QED) is 0.264. The number of hydrogen-bond donors (Lipinski definition) is 1. The van der Waals surface area contributed by atoms with Crippen LogP contribution in [0.3, 0.4) is 0 Å². The maximum atomic E-state index is 15.1. The Labute approximate surface area is 231 Å². The van der Waals surface area contributed by atoms with Gasteiger partial charge in [0.15, 0.2) is 5.60 Å². The van der Waals surface area contributed by atoms with Gasteiger partial charge in [-0.3, -0.25) is 19.3 Å². The second-order valence-corrected chi connectivity index (χ2v) is 11.0. The van der Waals surface area contributed by atoms with Crippen LogP contribution in [0.1, 0.15) is 74.3 Å². The van der Waals surface area contributed by atoms with Gasteiger partial charge < -0.3 is 14.4 Å². The molecule has 204 valence electrons. The Morgan fingerprint density at radius 2 is 1.78 bits per heavy atom. The molecule has 2 amide bonds. The first-order valence-corrected chi connectivity index (χ1v) is 13.5. The smallest absolute Gasteiger partial charge is 0.343 e. The molecule has 5 heterocycles. The zero-order valence-electron chi connectivity index (χ0n) is 21.9. The molecule has 1 N–H and O–H groups in total. The molecule has 0 saturated heterocycles. The number of esters is 1. The number of halogens is 1. The van der Waals surface area contributed by atoms with Crippen LogP contribution in [0.4, 0.5) is 4.39 Å². The van der Waals surface area contributed by atoms with Crippen LogP contribution in [0.5, 0.6) is 0 Å². The van der Waals surface area contributed by atoms with Gasteiger partial charge in [-0.1, -0.05) is 19.1 Å². The van der Waals surface area contributed by atoms with E-state index in [-0.39, 0.29) is 36.3 Å². The third-order valence-electron chi connectivity index (χ3n) is 9.06. The van der Waals surface area contributed by atoms with Crippen molar-refractivity contribution in [1.82, 2.24) is 14.5 Å². The number of rotatable bonds is 2. The van der Waals surface area contributed by atoms with Gasteiger partial charge in [0.25, 0.3) is 17.4 Å². The fourth-order valence-electron chi connectivity index (χ4n) is 7.04. The van der Waals surface area contributed by atoms with Crippen LogP contribution >= 0.6 is 0 Å². The van der Waals surface area contributed by atoms with E-state index in [1.165, 1.54) is 17.0 Å². The number of ether oxygens (including phenoxy) is 1. The molecule has 2 atom stereocenters. The summed E-state index contributed by atoms with van der Waals surface area (Å²) in [4.78, 5) is 58.8. The van der Waals surface area contributed by atoms with Crippen molar-refractivity contribution in [3.63, 3.8) is 0 Å². The minimum absolute atomic E-state index is 0.0265. The van der Waals surface area contributed by atoms with Crippen LogP contribution in [-0.2, 0) is 34.7 Å². The van der Waals surface area contributed by atoms with Crippen LogP contribution < -0.4 is 5.56 Å². The molecule has 9 nitrogen and oxygen atoms in total. The van der Waals surface area contributed by atoms with Crippen molar-refractivity contribution in [2.45, 2.75) is 51.0 Å². The van der Waals surface area contributed by atoms with Crippen molar-refractivity contribution in [1.29, 1.82) is 0 Å². The maximum Gasteiger partial charge on any atom is 0.343 e. The molecule has 4 aromatic rings. The third kappa shape index (κ3) is 2.94. The summed E-state index contributed by atoms with van der Waals surface area (Å²) in [7, 11) is 0. The van der Waals surface area contributed by atoms with E-state index < -0.39 is 35.2 Å². The number of amides is 2. The van der Waals surface area contributed by atoms with E-state index in [9.17, 15) is 24.3 Å². The van der Waals surface area contributed by atoms with Crippen LogP contribution in [0.25, 0.3) is 22.3 Å². The average Bonchev–Trinajstić information content (AvgIpc) is 3.46. The highest BCUT2D eigenvalue weighted by Crippen LogP contribution is 2.46. The number of benzene rings is 2. The molecule has 1 aliphatic carbocycles. The van der Waals surface area contributed by atoms with Crippen LogP contribution in [0.2, 0.25) is 0 Å². The van der Waals surface area contributed by atoms with Crippen molar-refractivity contribution in [3.05, 3.63) is 97.6 Å². The number of cyclic esters (lactones) is 1. The highest BCUT2D eigenvalue weighted by atomic mass is 19.1. The van der Waals surface area contributed by atoms with Crippen LogP contribution in [-0.4, -0.2) is 37.3 Å². The summed E-state index contributed by atoms with van der Waals surface area (Å²) in [6.45, 7) is 1.62. The normalized spacial score (nSPS) is 22.0. The molecule has 0 bridgehead atoms. The minimum atomic E-state index is -1.95. The standard InChI is InChI=1S/C31H22FN3O6/c1-2-31(40)21-11-24-26-19(12-34(24)27(36)20(21)13-41-30(31)39)15-7-8-23(18-9-14(32)10-22(33-26)25(15)18)35-28(37)16-5-3-4-6-17(16)29(35)38/h3-6,9-11,23,40H,2,7-8,12-13H2,1H3/t23?,31-/m0/s1. The summed E-state index contributed by atoms with van der Waals surface area (Å²) in [5, 5.41) is 11.8. The minimum Gasteiger partial charge on any atom is -0.458 e. The summed E-state index contributed by atoms with van der Waals surface area (Å²) in [6.07, 6.45) is 0.882. The molecule has 1 unspecified atom stereocenters. The maximum absolute atomic E-state index is 15.1. The molecule has 10 heteroatoms. The average molecular weight is 552 g/mol. The Balaban J connectivity index is 1.32. The second-order valence-electron chi connectivity index (χ2n) is 11.0. The van der Waals surface area contributed by atoms with E-state index in [2.05, 4.69) is 0 Å². The van der Waals surface area contributed by atoms with Gasteiger partial charge in [-0.05, 0) is 54.7 Å². The van der Waals surface area contributed by atoms with E-state index >= 15 is 4.39 Å². The fraction of sp³-hybridized carbons (Fsp3) is 0.258. The Bertz CT molecular complexity index is 1960. The zero-order valence-corrected chi connectivity index (χ0v) is 21.9. The van der Waals surface area contributed by atoms with Gasteiger partial charge in [0, 0.05) is 22.6 Å². The summed E-state index contributed by atoms with van der Waals surface area (Å²) in [5.74, 6) is -2.17.